The van der Waals surface area contributed by atoms with E-state index in [9.17, 15) is 9.59 Å². The van der Waals surface area contributed by atoms with Crippen molar-refractivity contribution in [3.8, 4) is 0 Å². The number of benzene rings is 2. The molecule has 0 aromatic heterocycles. The molecule has 5 nitrogen and oxygen atoms in total. The van der Waals surface area contributed by atoms with Crippen LogP contribution in [0.15, 0.2) is 60.7 Å². The topological polar surface area (TPSA) is 61.4 Å². The standard InChI is InChI=1S/C21H27N3O2.ClH/c1-22-15-9-14-20(25)23-19(16-17-10-5-3-6-11-17)21(26)24(2)18-12-7-4-8-13-18;/h3-8,10-13,19,22H,9,14-16H2,1-2H3,(H,23,25);1H/t19-;/m0./s1. The Balaban J connectivity index is 0.00000364. The lowest BCUT2D eigenvalue weighted by Crippen LogP contribution is -2.48. The number of carbonyl (C=O) groups is 2. The highest BCUT2D eigenvalue weighted by Crippen LogP contribution is 2.14. The molecule has 146 valence electrons. The summed E-state index contributed by atoms with van der Waals surface area (Å²) in [6.45, 7) is 0.772. The van der Waals surface area contributed by atoms with Crippen molar-refractivity contribution in [3.63, 3.8) is 0 Å². The Morgan fingerprint density at radius 2 is 1.59 bits per heavy atom. The van der Waals surface area contributed by atoms with E-state index in [1.807, 2.05) is 67.7 Å². The first-order valence-corrected chi connectivity index (χ1v) is 8.92. The Kier molecular flexibility index (Phi) is 10.2. The van der Waals surface area contributed by atoms with Crippen molar-refractivity contribution in [2.24, 2.45) is 0 Å². The molecule has 6 heteroatoms. The van der Waals surface area contributed by atoms with E-state index >= 15 is 0 Å². The number of nitrogens with one attached hydrogen (secondary N) is 2. The van der Waals surface area contributed by atoms with Crippen molar-refractivity contribution in [1.29, 1.82) is 0 Å². The molecule has 0 fully saturated rings. The molecule has 2 aromatic rings. The van der Waals surface area contributed by atoms with Crippen LogP contribution in [0.2, 0.25) is 0 Å². The van der Waals surface area contributed by atoms with Gasteiger partial charge in [-0.3, -0.25) is 9.59 Å². The van der Waals surface area contributed by atoms with Gasteiger partial charge in [-0.15, -0.1) is 12.4 Å². The van der Waals surface area contributed by atoms with Gasteiger partial charge in [0.25, 0.3) is 0 Å². The van der Waals surface area contributed by atoms with Crippen LogP contribution < -0.4 is 15.5 Å². The fraction of sp³-hybridized carbons (Fsp3) is 0.333. The minimum atomic E-state index is -0.593. The molecule has 0 saturated heterocycles. The summed E-state index contributed by atoms with van der Waals surface area (Å²) in [5.41, 5.74) is 1.82. The van der Waals surface area contributed by atoms with Gasteiger partial charge >= 0.3 is 0 Å². The van der Waals surface area contributed by atoms with Crippen LogP contribution in [0.5, 0.6) is 0 Å². The van der Waals surface area contributed by atoms with E-state index in [2.05, 4.69) is 10.6 Å². The second-order valence-corrected chi connectivity index (χ2v) is 6.25. The van der Waals surface area contributed by atoms with Gasteiger partial charge in [-0.1, -0.05) is 48.5 Å². The molecular weight excluding hydrogens is 362 g/mol. The molecule has 1 atom stereocenters. The van der Waals surface area contributed by atoms with Gasteiger partial charge < -0.3 is 15.5 Å². The lowest BCUT2D eigenvalue weighted by molar-refractivity contribution is -0.127. The van der Waals surface area contributed by atoms with Crippen LogP contribution in [-0.4, -0.2) is 38.5 Å². The molecular formula is C21H28ClN3O2. The van der Waals surface area contributed by atoms with Crippen molar-refractivity contribution in [2.45, 2.75) is 25.3 Å². The summed E-state index contributed by atoms with van der Waals surface area (Å²) in [4.78, 5) is 26.9. The van der Waals surface area contributed by atoms with Crippen molar-refractivity contribution in [2.75, 3.05) is 25.5 Å². The number of nitrogens with zero attached hydrogens (tertiary/aromatic N) is 1. The molecule has 0 spiro atoms. The van der Waals surface area contributed by atoms with Crippen LogP contribution in [0.3, 0.4) is 0 Å². The van der Waals surface area contributed by atoms with Crippen molar-refractivity contribution < 1.29 is 9.59 Å². The summed E-state index contributed by atoms with van der Waals surface area (Å²) in [6, 6.07) is 18.6. The van der Waals surface area contributed by atoms with E-state index in [0.717, 1.165) is 24.2 Å². The van der Waals surface area contributed by atoms with E-state index in [0.29, 0.717) is 12.8 Å². The minimum Gasteiger partial charge on any atom is -0.344 e. The monoisotopic (exact) mass is 389 g/mol. The van der Waals surface area contributed by atoms with Crippen LogP contribution >= 0.6 is 12.4 Å². The Labute approximate surface area is 167 Å². The number of anilines is 1. The lowest BCUT2D eigenvalue weighted by atomic mass is 10.0. The predicted octanol–water partition coefficient (Wildman–Crippen LogP) is 2.80. The summed E-state index contributed by atoms with van der Waals surface area (Å²) >= 11 is 0. The first-order valence-electron chi connectivity index (χ1n) is 8.92. The first kappa shape index (κ1) is 22.7. The van der Waals surface area contributed by atoms with E-state index in [1.165, 1.54) is 0 Å². The third-order valence-electron chi connectivity index (χ3n) is 4.22. The second-order valence-electron chi connectivity index (χ2n) is 6.25. The number of halogens is 1. The number of amides is 2. The summed E-state index contributed by atoms with van der Waals surface area (Å²) in [6.07, 6.45) is 1.60. The molecule has 2 amide bonds. The van der Waals surface area contributed by atoms with Crippen LogP contribution in [0.25, 0.3) is 0 Å². The third-order valence-corrected chi connectivity index (χ3v) is 4.22. The molecule has 0 unspecified atom stereocenters. The fourth-order valence-electron chi connectivity index (χ4n) is 2.75. The average Bonchev–Trinajstić information content (AvgIpc) is 2.68. The molecule has 0 saturated carbocycles. The number of para-hydroxylation sites is 1. The average molecular weight is 390 g/mol. The Bertz CT molecular complexity index is 695. The molecule has 0 radical (unpaired) electrons. The highest BCUT2D eigenvalue weighted by atomic mass is 35.5. The van der Waals surface area contributed by atoms with Gasteiger partial charge in [-0.25, -0.2) is 0 Å². The summed E-state index contributed by atoms with van der Waals surface area (Å²) in [7, 11) is 3.59. The van der Waals surface area contributed by atoms with Crippen molar-refractivity contribution in [3.05, 3.63) is 66.2 Å². The zero-order valence-electron chi connectivity index (χ0n) is 15.9. The number of likely N-dealkylation sites (N-methyl/N-ethyl adjacent to an activating group) is 1. The zero-order valence-corrected chi connectivity index (χ0v) is 16.7. The molecule has 2 rings (SSSR count). The predicted molar refractivity (Wildman–Crippen MR) is 112 cm³/mol. The number of hydrogen-bond acceptors (Lipinski definition) is 3. The van der Waals surface area contributed by atoms with Crippen LogP contribution in [0.1, 0.15) is 18.4 Å². The molecule has 2 N–H and O–H groups in total. The smallest absolute Gasteiger partial charge is 0.249 e. The molecule has 0 aliphatic heterocycles. The van der Waals surface area contributed by atoms with Gasteiger partial charge in [0.05, 0.1) is 0 Å². The minimum absolute atomic E-state index is 0. The number of hydrogen-bond donors (Lipinski definition) is 2. The summed E-state index contributed by atoms with van der Waals surface area (Å²) in [5, 5.41) is 5.94. The molecule has 2 aromatic carbocycles. The largest absolute Gasteiger partial charge is 0.344 e. The van der Waals surface area contributed by atoms with Crippen LogP contribution in [0.4, 0.5) is 5.69 Å². The highest BCUT2D eigenvalue weighted by molar-refractivity contribution is 5.98. The highest BCUT2D eigenvalue weighted by Gasteiger charge is 2.25. The van der Waals surface area contributed by atoms with E-state index < -0.39 is 6.04 Å². The Morgan fingerprint density at radius 1 is 1.00 bits per heavy atom. The Hall–Kier alpha value is -2.37. The fourth-order valence-corrected chi connectivity index (χ4v) is 2.75. The maximum atomic E-state index is 13.0. The SMILES string of the molecule is CNCCCC(=O)N[C@@H](Cc1ccccc1)C(=O)N(C)c1ccccc1.Cl. The van der Waals surface area contributed by atoms with Crippen molar-refractivity contribution >= 4 is 29.9 Å². The van der Waals surface area contributed by atoms with Gasteiger partial charge in [0, 0.05) is 25.6 Å². The van der Waals surface area contributed by atoms with Gasteiger partial charge in [0.15, 0.2) is 0 Å². The van der Waals surface area contributed by atoms with Crippen LogP contribution in [-0.2, 0) is 16.0 Å². The lowest BCUT2D eigenvalue weighted by Gasteiger charge is -2.25. The molecule has 0 aliphatic rings. The van der Waals surface area contributed by atoms with Gasteiger partial charge in [0.1, 0.15) is 6.04 Å². The van der Waals surface area contributed by atoms with Gasteiger partial charge in [0.2, 0.25) is 11.8 Å². The third kappa shape index (κ3) is 7.41. The number of carbonyl (C=O) groups excluding carboxylic acids is 2. The maximum Gasteiger partial charge on any atom is 0.249 e. The maximum absolute atomic E-state index is 13.0. The van der Waals surface area contributed by atoms with E-state index in [4.69, 9.17) is 0 Å². The van der Waals surface area contributed by atoms with Crippen molar-refractivity contribution in [1.82, 2.24) is 10.6 Å². The first-order chi connectivity index (χ1) is 12.6. The summed E-state index contributed by atoms with van der Waals surface area (Å²) in [5.74, 6) is -0.224. The van der Waals surface area contributed by atoms with Gasteiger partial charge in [-0.2, -0.15) is 0 Å². The molecule has 0 bridgehead atoms. The molecule has 0 heterocycles. The molecule has 27 heavy (non-hydrogen) atoms. The normalized spacial score (nSPS) is 11.2. The van der Waals surface area contributed by atoms with E-state index in [-0.39, 0.29) is 24.2 Å². The quantitative estimate of drug-likeness (QED) is 0.648. The summed E-state index contributed by atoms with van der Waals surface area (Å²) < 4.78 is 0. The number of rotatable bonds is 9. The zero-order chi connectivity index (χ0) is 18.8. The second kappa shape index (κ2) is 12.1. The van der Waals surface area contributed by atoms with E-state index in [1.54, 1.807) is 11.9 Å². The van der Waals surface area contributed by atoms with Crippen LogP contribution in [0, 0.1) is 0 Å². The molecule has 0 aliphatic carbocycles. The Morgan fingerprint density at radius 3 is 2.19 bits per heavy atom. The van der Waals surface area contributed by atoms with Gasteiger partial charge in [-0.05, 0) is 37.7 Å².